The fraction of sp³-hybridized carbons (Fsp3) is 0.481. The number of hydrogen-bond acceptors (Lipinski definition) is 5. The van der Waals surface area contributed by atoms with Crippen LogP contribution >= 0.6 is 0 Å². The zero-order valence-electron chi connectivity index (χ0n) is 20.8. The van der Waals surface area contributed by atoms with E-state index >= 15 is 0 Å². The Bertz CT molecular complexity index is 1370. The highest BCUT2D eigenvalue weighted by atomic mass is 32.2. The van der Waals surface area contributed by atoms with Crippen molar-refractivity contribution >= 4 is 21.7 Å². The van der Waals surface area contributed by atoms with Gasteiger partial charge in [-0.25, -0.2) is 21.6 Å². The van der Waals surface area contributed by atoms with E-state index in [2.05, 4.69) is 5.32 Å². The van der Waals surface area contributed by atoms with Crippen LogP contribution in [0.4, 0.5) is 13.2 Å². The Morgan fingerprint density at radius 1 is 1.05 bits per heavy atom. The Morgan fingerprint density at radius 2 is 1.74 bits per heavy atom. The molecule has 5 rings (SSSR count). The van der Waals surface area contributed by atoms with Gasteiger partial charge in [0.15, 0.2) is 21.5 Å². The lowest BCUT2D eigenvalue weighted by Gasteiger charge is -2.41. The molecular formula is C27H30F3N3O4S. The van der Waals surface area contributed by atoms with Gasteiger partial charge in [0.1, 0.15) is 5.82 Å². The lowest BCUT2D eigenvalue weighted by Crippen LogP contribution is -2.50. The number of halogens is 3. The predicted octanol–water partition coefficient (Wildman–Crippen LogP) is 2.89. The first kappa shape index (κ1) is 26.7. The molecule has 0 aliphatic carbocycles. The molecule has 3 aliphatic rings. The van der Waals surface area contributed by atoms with E-state index in [0.29, 0.717) is 37.4 Å². The molecule has 2 bridgehead atoms. The lowest BCUT2D eigenvalue weighted by molar-refractivity contribution is -0.136. The molecule has 2 aromatic carbocycles. The summed E-state index contributed by atoms with van der Waals surface area (Å²) in [5.41, 5.74) is 7.53. The number of carbonyl (C=O) groups is 2. The number of sulfone groups is 1. The van der Waals surface area contributed by atoms with Gasteiger partial charge >= 0.3 is 0 Å². The number of fused-ring (bicyclic) bond motifs is 3. The molecule has 0 radical (unpaired) electrons. The van der Waals surface area contributed by atoms with E-state index in [1.165, 1.54) is 12.1 Å². The van der Waals surface area contributed by atoms with Gasteiger partial charge in [-0.3, -0.25) is 9.59 Å². The van der Waals surface area contributed by atoms with Crippen molar-refractivity contribution in [3.63, 3.8) is 0 Å². The minimum Gasteiger partial charge on any atom is -0.352 e. The number of nitrogens with one attached hydrogen (secondary N) is 1. The van der Waals surface area contributed by atoms with Crippen LogP contribution in [0.25, 0.3) is 0 Å². The van der Waals surface area contributed by atoms with Crippen LogP contribution < -0.4 is 11.1 Å². The summed E-state index contributed by atoms with van der Waals surface area (Å²) in [7, 11) is -3.78. The largest absolute Gasteiger partial charge is 0.352 e. The molecule has 2 amide bonds. The average Bonchev–Trinajstić information content (AvgIpc) is 3.15. The predicted molar refractivity (Wildman–Crippen MR) is 134 cm³/mol. The fourth-order valence-corrected chi connectivity index (χ4v) is 7.42. The molecule has 2 saturated heterocycles. The molecule has 0 aromatic heterocycles. The molecule has 204 valence electrons. The summed E-state index contributed by atoms with van der Waals surface area (Å²) < 4.78 is 66.9. The van der Waals surface area contributed by atoms with Gasteiger partial charge in [0.25, 0.3) is 5.91 Å². The second-order valence-corrected chi connectivity index (χ2v) is 12.6. The molecule has 38 heavy (non-hydrogen) atoms. The van der Waals surface area contributed by atoms with Gasteiger partial charge in [0, 0.05) is 42.7 Å². The molecular weight excluding hydrogens is 519 g/mol. The van der Waals surface area contributed by atoms with Crippen molar-refractivity contribution < 1.29 is 31.2 Å². The Balaban J connectivity index is 1.20. The number of nitrogens with two attached hydrogens (primary N) is 1. The Labute approximate surface area is 219 Å². The molecule has 3 heterocycles. The maximum Gasteiger partial charge on any atom is 0.251 e. The smallest absolute Gasteiger partial charge is 0.251 e. The molecule has 0 unspecified atom stereocenters. The quantitative estimate of drug-likeness (QED) is 0.517. The summed E-state index contributed by atoms with van der Waals surface area (Å²) in [6, 6.07) is 5.21. The van der Waals surface area contributed by atoms with Gasteiger partial charge in [-0.05, 0) is 73.8 Å². The number of piperidine rings is 1. The minimum atomic E-state index is -3.78. The zero-order valence-corrected chi connectivity index (χ0v) is 21.6. The number of hydrogen-bond donors (Lipinski definition) is 2. The molecule has 2 aromatic rings. The molecule has 2 fully saturated rings. The molecule has 0 spiro atoms. The van der Waals surface area contributed by atoms with Crippen molar-refractivity contribution in [3.05, 3.63) is 64.5 Å². The first-order chi connectivity index (χ1) is 18.0. The Morgan fingerprint density at radius 3 is 2.45 bits per heavy atom. The van der Waals surface area contributed by atoms with Crippen molar-refractivity contribution in [2.24, 2.45) is 11.7 Å². The highest BCUT2D eigenvalue weighted by Gasteiger charge is 2.44. The summed E-state index contributed by atoms with van der Waals surface area (Å²) >= 11 is 0. The third-order valence-electron chi connectivity index (χ3n) is 8.16. The van der Waals surface area contributed by atoms with Crippen LogP contribution in [0.15, 0.2) is 35.2 Å². The van der Waals surface area contributed by atoms with Crippen molar-refractivity contribution in [3.8, 4) is 0 Å². The van der Waals surface area contributed by atoms with Crippen molar-refractivity contribution in [2.45, 2.75) is 68.0 Å². The van der Waals surface area contributed by atoms with Crippen LogP contribution in [0, 0.1) is 23.4 Å². The van der Waals surface area contributed by atoms with E-state index in [1.807, 2.05) is 0 Å². The molecule has 7 nitrogen and oxygen atoms in total. The van der Waals surface area contributed by atoms with Crippen molar-refractivity contribution in [1.82, 2.24) is 10.2 Å². The summed E-state index contributed by atoms with van der Waals surface area (Å²) in [6.07, 6.45) is 3.23. The van der Waals surface area contributed by atoms with Crippen molar-refractivity contribution in [1.29, 1.82) is 0 Å². The van der Waals surface area contributed by atoms with E-state index in [-0.39, 0.29) is 58.9 Å². The van der Waals surface area contributed by atoms with Gasteiger partial charge in [-0.15, -0.1) is 0 Å². The number of carbonyl (C=O) groups excluding carboxylic acids is 2. The van der Waals surface area contributed by atoms with E-state index in [4.69, 9.17) is 5.73 Å². The van der Waals surface area contributed by atoms with Crippen LogP contribution in [0.2, 0.25) is 0 Å². The summed E-state index contributed by atoms with van der Waals surface area (Å²) in [6.45, 7) is 0.512. The van der Waals surface area contributed by atoms with Gasteiger partial charge in [0.05, 0.1) is 10.6 Å². The van der Waals surface area contributed by atoms with Crippen LogP contribution in [0.3, 0.4) is 0 Å². The molecule has 0 saturated carbocycles. The third-order valence-corrected chi connectivity index (χ3v) is 9.87. The molecule has 3 aliphatic heterocycles. The lowest BCUT2D eigenvalue weighted by atomic mass is 9.82. The average molecular weight is 550 g/mol. The molecule has 4 atom stereocenters. The Kier molecular flexibility index (Phi) is 7.25. The normalized spacial score (nSPS) is 23.6. The first-order valence-corrected chi connectivity index (χ1v) is 14.5. The highest BCUT2D eigenvalue weighted by Crippen LogP contribution is 2.40. The zero-order chi connectivity index (χ0) is 27.2. The first-order valence-electron chi connectivity index (χ1n) is 12.9. The van der Waals surface area contributed by atoms with Gasteiger partial charge in [-0.1, -0.05) is 6.07 Å². The maximum absolute atomic E-state index is 14.1. The van der Waals surface area contributed by atoms with Gasteiger partial charge in [0.2, 0.25) is 5.91 Å². The number of benzene rings is 2. The monoisotopic (exact) mass is 549 g/mol. The second kappa shape index (κ2) is 10.3. The third kappa shape index (κ3) is 5.18. The van der Waals surface area contributed by atoms with Crippen molar-refractivity contribution in [2.75, 3.05) is 12.3 Å². The van der Waals surface area contributed by atoms with Crippen LogP contribution in [0.5, 0.6) is 0 Å². The SMILES string of the molecule is N[C@H](Cc1cc(F)c(F)cc1F)[C@@H]1C[C@H]2CC[C@@H](C1)N2C(=O)CCS(=O)(=O)c1ccc2c(c1)C(=O)NCC2. The molecule has 3 N–H and O–H groups in total. The minimum absolute atomic E-state index is 0.0205. The number of rotatable bonds is 7. The van der Waals surface area contributed by atoms with E-state index in [0.717, 1.165) is 24.5 Å². The Hall–Kier alpha value is -2.92. The molecule has 11 heteroatoms. The topological polar surface area (TPSA) is 110 Å². The van der Waals surface area contributed by atoms with E-state index in [9.17, 15) is 31.2 Å². The van der Waals surface area contributed by atoms with Crippen LogP contribution in [-0.2, 0) is 27.5 Å². The summed E-state index contributed by atoms with van der Waals surface area (Å²) in [5.74, 6) is -4.14. The highest BCUT2D eigenvalue weighted by molar-refractivity contribution is 7.91. The van der Waals surface area contributed by atoms with E-state index in [1.54, 1.807) is 11.0 Å². The van der Waals surface area contributed by atoms with Gasteiger partial charge < -0.3 is 16.0 Å². The number of amides is 2. The summed E-state index contributed by atoms with van der Waals surface area (Å²) in [5, 5.41) is 2.71. The number of nitrogens with zero attached hydrogens (tertiary/aromatic N) is 1. The van der Waals surface area contributed by atoms with Crippen LogP contribution in [-0.4, -0.2) is 55.6 Å². The van der Waals surface area contributed by atoms with Gasteiger partial charge in [-0.2, -0.15) is 0 Å². The maximum atomic E-state index is 14.1. The fourth-order valence-electron chi connectivity index (χ4n) is 6.17. The summed E-state index contributed by atoms with van der Waals surface area (Å²) in [4.78, 5) is 27.1. The second-order valence-electron chi connectivity index (χ2n) is 10.5. The van der Waals surface area contributed by atoms with E-state index < -0.39 is 33.3 Å². The standard InChI is InChI=1S/C27H30F3N3O4S/c28-22-14-24(30)23(29)11-16(22)12-25(31)17-9-18-2-3-19(10-17)33(18)26(34)6-8-38(36,37)20-4-1-15-5-7-32-27(35)21(15)13-20/h1,4,11,13-14,17-19,25H,2-3,5-10,12,31H2,(H,32,35)/t17-,18-,19+,25-/m1/s1. The van der Waals surface area contributed by atoms with Crippen LogP contribution in [0.1, 0.15) is 53.6 Å².